The van der Waals surface area contributed by atoms with Crippen LogP contribution in [0.4, 0.5) is 0 Å². The molecule has 0 aromatic rings. The number of nitrogens with one attached hydrogen (secondary N) is 1. The Kier molecular flexibility index (Phi) is 5.42. The fourth-order valence-electron chi connectivity index (χ4n) is 3.23. The maximum absolute atomic E-state index is 12.6. The Bertz CT molecular complexity index is 384. The number of carbonyl (C=O) groups is 2. The largest absolute Gasteiger partial charge is 0.305 e. The van der Waals surface area contributed by atoms with Crippen LogP contribution in [0.2, 0.25) is 0 Å². The van der Waals surface area contributed by atoms with E-state index >= 15 is 0 Å². The van der Waals surface area contributed by atoms with Crippen molar-refractivity contribution in [1.29, 1.82) is 0 Å². The van der Waals surface area contributed by atoms with Crippen LogP contribution < -0.4 is 5.32 Å². The number of rotatable bonds is 5. The zero-order valence-corrected chi connectivity index (χ0v) is 13.8. The van der Waals surface area contributed by atoms with Crippen molar-refractivity contribution in [3.8, 4) is 0 Å². The summed E-state index contributed by atoms with van der Waals surface area (Å²) < 4.78 is 0. The molecule has 2 amide bonds. The summed E-state index contributed by atoms with van der Waals surface area (Å²) in [7, 11) is 0. The lowest BCUT2D eigenvalue weighted by molar-refractivity contribution is -0.141. The molecule has 1 aliphatic heterocycles. The van der Waals surface area contributed by atoms with Crippen molar-refractivity contribution in [3.05, 3.63) is 0 Å². The van der Waals surface area contributed by atoms with Crippen molar-refractivity contribution in [2.24, 2.45) is 5.41 Å². The Morgan fingerprint density at radius 1 is 1.14 bits per heavy atom. The zero-order valence-electron chi connectivity index (χ0n) is 13.8. The topological polar surface area (TPSA) is 49.4 Å². The highest BCUT2D eigenvalue weighted by atomic mass is 16.2. The van der Waals surface area contributed by atoms with Gasteiger partial charge < -0.3 is 5.32 Å². The van der Waals surface area contributed by atoms with Crippen molar-refractivity contribution in [2.45, 2.75) is 84.2 Å². The summed E-state index contributed by atoms with van der Waals surface area (Å²) in [6.07, 6.45) is 8.13. The van der Waals surface area contributed by atoms with Crippen LogP contribution in [-0.4, -0.2) is 35.3 Å². The minimum absolute atomic E-state index is 0.0128. The average molecular weight is 294 g/mol. The Labute approximate surface area is 128 Å². The van der Waals surface area contributed by atoms with Gasteiger partial charge in [0.15, 0.2) is 0 Å². The molecule has 120 valence electrons. The molecule has 0 radical (unpaired) electrons. The molecule has 2 fully saturated rings. The van der Waals surface area contributed by atoms with Gasteiger partial charge >= 0.3 is 0 Å². The van der Waals surface area contributed by atoms with Crippen LogP contribution in [0, 0.1) is 5.41 Å². The first-order valence-electron chi connectivity index (χ1n) is 8.54. The number of likely N-dealkylation sites (tertiary alicyclic amines) is 1. The molecular weight excluding hydrogens is 264 g/mol. The number of hydrogen-bond acceptors (Lipinski definition) is 3. The van der Waals surface area contributed by atoms with Crippen molar-refractivity contribution in [2.75, 3.05) is 6.54 Å². The van der Waals surface area contributed by atoms with E-state index in [9.17, 15) is 9.59 Å². The smallest absolute Gasteiger partial charge is 0.247 e. The van der Waals surface area contributed by atoms with Gasteiger partial charge in [-0.3, -0.25) is 14.5 Å². The van der Waals surface area contributed by atoms with E-state index in [-0.39, 0.29) is 29.3 Å². The van der Waals surface area contributed by atoms with E-state index in [1.54, 1.807) is 4.90 Å². The molecular formula is C17H30N2O2. The molecule has 2 aliphatic rings. The number of imide groups is 1. The van der Waals surface area contributed by atoms with Gasteiger partial charge in [0, 0.05) is 12.6 Å². The van der Waals surface area contributed by atoms with Gasteiger partial charge in [-0.05, 0) is 24.7 Å². The van der Waals surface area contributed by atoms with Crippen molar-refractivity contribution in [1.82, 2.24) is 10.2 Å². The van der Waals surface area contributed by atoms with E-state index in [1.807, 2.05) is 0 Å². The maximum atomic E-state index is 12.6. The highest BCUT2D eigenvalue weighted by Gasteiger charge is 2.42. The monoisotopic (exact) mass is 294 g/mol. The molecule has 1 saturated heterocycles. The standard InChI is InChI=1S/C17H30N2O2/c1-4-17(2,3)12-18-14-11-15(20)19(16(14)21)13-9-7-5-6-8-10-13/h13-14,18H,4-12H2,1-3H3. The first-order chi connectivity index (χ1) is 9.94. The number of amides is 2. The van der Waals surface area contributed by atoms with Gasteiger partial charge in [-0.25, -0.2) is 0 Å². The first kappa shape index (κ1) is 16.5. The third kappa shape index (κ3) is 4.06. The van der Waals surface area contributed by atoms with Crippen LogP contribution in [0.25, 0.3) is 0 Å². The second-order valence-corrected chi connectivity index (χ2v) is 7.40. The fraction of sp³-hybridized carbons (Fsp3) is 0.882. The number of carbonyl (C=O) groups excluding carboxylic acids is 2. The molecule has 0 spiro atoms. The van der Waals surface area contributed by atoms with Gasteiger partial charge in [0.2, 0.25) is 11.8 Å². The van der Waals surface area contributed by atoms with E-state index < -0.39 is 0 Å². The van der Waals surface area contributed by atoms with Crippen molar-refractivity contribution >= 4 is 11.8 Å². The van der Waals surface area contributed by atoms with E-state index in [0.717, 1.165) is 38.6 Å². The number of nitrogens with zero attached hydrogens (tertiary/aromatic N) is 1. The van der Waals surface area contributed by atoms with Crippen LogP contribution in [0.5, 0.6) is 0 Å². The summed E-state index contributed by atoms with van der Waals surface area (Å²) in [5, 5.41) is 3.33. The van der Waals surface area contributed by atoms with Crippen LogP contribution in [0.1, 0.15) is 72.1 Å². The molecule has 0 aromatic heterocycles. The normalized spacial score (nSPS) is 25.5. The Morgan fingerprint density at radius 3 is 2.33 bits per heavy atom. The quantitative estimate of drug-likeness (QED) is 0.626. The van der Waals surface area contributed by atoms with E-state index in [4.69, 9.17) is 0 Å². The molecule has 2 rings (SSSR count). The number of hydrogen-bond donors (Lipinski definition) is 1. The molecule has 1 aliphatic carbocycles. The van der Waals surface area contributed by atoms with Gasteiger partial charge in [-0.2, -0.15) is 0 Å². The van der Waals surface area contributed by atoms with Crippen LogP contribution in [0.3, 0.4) is 0 Å². The van der Waals surface area contributed by atoms with Crippen molar-refractivity contribution in [3.63, 3.8) is 0 Å². The van der Waals surface area contributed by atoms with E-state index in [2.05, 4.69) is 26.1 Å². The fourth-order valence-corrected chi connectivity index (χ4v) is 3.23. The minimum Gasteiger partial charge on any atom is -0.305 e. The third-order valence-corrected chi connectivity index (χ3v) is 5.16. The molecule has 0 aromatic carbocycles. The predicted molar refractivity (Wildman–Crippen MR) is 83.8 cm³/mol. The lowest BCUT2D eigenvalue weighted by Crippen LogP contribution is -2.45. The van der Waals surface area contributed by atoms with Gasteiger partial charge in [0.1, 0.15) is 0 Å². The van der Waals surface area contributed by atoms with Gasteiger partial charge in [0.05, 0.1) is 12.5 Å². The Hall–Kier alpha value is -0.900. The van der Waals surface area contributed by atoms with E-state index in [1.165, 1.54) is 12.8 Å². The van der Waals surface area contributed by atoms with Gasteiger partial charge in [0.25, 0.3) is 0 Å². The SMILES string of the molecule is CCC(C)(C)CNC1CC(=O)N(C2CCCCCC2)C1=O. The lowest BCUT2D eigenvalue weighted by atomic mass is 9.90. The average Bonchev–Trinajstić information content (AvgIpc) is 2.64. The molecule has 1 saturated carbocycles. The molecule has 4 heteroatoms. The maximum Gasteiger partial charge on any atom is 0.247 e. The second-order valence-electron chi connectivity index (χ2n) is 7.40. The van der Waals surface area contributed by atoms with Crippen LogP contribution in [-0.2, 0) is 9.59 Å². The highest BCUT2D eigenvalue weighted by Crippen LogP contribution is 2.27. The Morgan fingerprint density at radius 2 is 1.76 bits per heavy atom. The van der Waals surface area contributed by atoms with E-state index in [0.29, 0.717) is 6.42 Å². The molecule has 21 heavy (non-hydrogen) atoms. The summed E-state index contributed by atoms with van der Waals surface area (Å²) >= 11 is 0. The first-order valence-corrected chi connectivity index (χ1v) is 8.54. The predicted octanol–water partition coefficient (Wildman–Crippen LogP) is 2.86. The summed E-state index contributed by atoms with van der Waals surface area (Å²) in [6.45, 7) is 7.31. The summed E-state index contributed by atoms with van der Waals surface area (Å²) in [5.41, 5.74) is 0.166. The summed E-state index contributed by atoms with van der Waals surface area (Å²) in [4.78, 5) is 26.4. The molecule has 1 heterocycles. The minimum atomic E-state index is -0.299. The van der Waals surface area contributed by atoms with Gasteiger partial charge in [-0.15, -0.1) is 0 Å². The summed E-state index contributed by atoms with van der Waals surface area (Å²) in [5.74, 6) is 0.0394. The van der Waals surface area contributed by atoms with Crippen molar-refractivity contribution < 1.29 is 9.59 Å². The molecule has 1 N–H and O–H groups in total. The van der Waals surface area contributed by atoms with Crippen LogP contribution in [0.15, 0.2) is 0 Å². The van der Waals surface area contributed by atoms with Gasteiger partial charge in [-0.1, -0.05) is 46.5 Å². The summed E-state index contributed by atoms with van der Waals surface area (Å²) in [6, 6.07) is -0.148. The molecule has 1 unspecified atom stereocenters. The highest BCUT2D eigenvalue weighted by molar-refractivity contribution is 6.05. The molecule has 4 nitrogen and oxygen atoms in total. The Balaban J connectivity index is 1.96. The molecule has 0 bridgehead atoms. The zero-order chi connectivity index (χ0) is 15.5. The second kappa shape index (κ2) is 6.91. The third-order valence-electron chi connectivity index (χ3n) is 5.16. The van der Waals surface area contributed by atoms with Crippen LogP contribution >= 0.6 is 0 Å². The lowest BCUT2D eigenvalue weighted by Gasteiger charge is -2.27. The molecule has 1 atom stereocenters.